The predicted molar refractivity (Wildman–Crippen MR) is 58.3 cm³/mol. The molecule has 2 nitrogen and oxygen atoms in total. The average molecular weight is 209 g/mol. The van der Waals surface area contributed by atoms with Crippen LogP contribution in [0.5, 0.6) is 0 Å². The van der Waals surface area contributed by atoms with Gasteiger partial charge in [-0.2, -0.15) is 0 Å². The van der Waals surface area contributed by atoms with Gasteiger partial charge in [-0.15, -0.1) is 0 Å². The molecule has 1 aliphatic rings. The maximum atomic E-state index is 13.2. The quantitative estimate of drug-likeness (QED) is 0.801. The van der Waals surface area contributed by atoms with Crippen molar-refractivity contribution >= 4 is 5.69 Å². The fraction of sp³-hybridized carbons (Fsp3) is 0.500. The first-order chi connectivity index (χ1) is 7.20. The summed E-state index contributed by atoms with van der Waals surface area (Å²) in [4.78, 5) is 0. The van der Waals surface area contributed by atoms with Gasteiger partial charge in [0.2, 0.25) is 0 Å². The first kappa shape index (κ1) is 10.4. The zero-order valence-corrected chi connectivity index (χ0v) is 8.67. The van der Waals surface area contributed by atoms with Crippen LogP contribution in [0.25, 0.3) is 0 Å². The van der Waals surface area contributed by atoms with E-state index in [0.717, 1.165) is 25.7 Å². The summed E-state index contributed by atoms with van der Waals surface area (Å²) < 4.78 is 13.2. The van der Waals surface area contributed by atoms with Crippen LogP contribution in [0.2, 0.25) is 0 Å². The van der Waals surface area contributed by atoms with Crippen molar-refractivity contribution in [3.05, 3.63) is 30.1 Å². The standard InChI is InChI=1S/C12H16FNO/c13-10-5-1-2-6-11(10)14-9-12(15)7-3-4-8-12/h1-2,5-6,14-15H,3-4,7-9H2. The molecule has 0 saturated heterocycles. The lowest BCUT2D eigenvalue weighted by Crippen LogP contribution is -2.33. The Bertz CT molecular complexity index is 334. The van der Waals surface area contributed by atoms with Crippen LogP contribution in [0.4, 0.5) is 10.1 Å². The highest BCUT2D eigenvalue weighted by Gasteiger charge is 2.30. The maximum absolute atomic E-state index is 13.2. The molecule has 0 unspecified atom stereocenters. The second-order valence-corrected chi connectivity index (χ2v) is 4.26. The van der Waals surface area contributed by atoms with Crippen molar-refractivity contribution in [2.75, 3.05) is 11.9 Å². The molecule has 1 aliphatic carbocycles. The lowest BCUT2D eigenvalue weighted by molar-refractivity contribution is 0.0614. The molecule has 1 aromatic rings. The van der Waals surface area contributed by atoms with Crippen molar-refractivity contribution in [2.45, 2.75) is 31.3 Å². The molecule has 1 saturated carbocycles. The van der Waals surface area contributed by atoms with E-state index in [1.54, 1.807) is 18.2 Å². The molecule has 0 bridgehead atoms. The van der Waals surface area contributed by atoms with Crippen LogP contribution in [0.3, 0.4) is 0 Å². The van der Waals surface area contributed by atoms with Gasteiger partial charge in [-0.1, -0.05) is 25.0 Å². The molecule has 2 N–H and O–H groups in total. The lowest BCUT2D eigenvalue weighted by Gasteiger charge is -2.23. The van der Waals surface area contributed by atoms with Gasteiger partial charge >= 0.3 is 0 Å². The van der Waals surface area contributed by atoms with E-state index in [0.29, 0.717) is 12.2 Å². The molecule has 0 atom stereocenters. The zero-order chi connectivity index (χ0) is 10.7. The van der Waals surface area contributed by atoms with Crippen LogP contribution >= 0.6 is 0 Å². The Hall–Kier alpha value is -1.09. The second kappa shape index (κ2) is 4.19. The van der Waals surface area contributed by atoms with Crippen molar-refractivity contribution < 1.29 is 9.50 Å². The molecule has 82 valence electrons. The predicted octanol–water partition coefficient (Wildman–Crippen LogP) is 2.54. The summed E-state index contributed by atoms with van der Waals surface area (Å²) in [6.07, 6.45) is 3.76. The minimum atomic E-state index is -0.637. The number of para-hydroxylation sites is 1. The Labute approximate surface area is 89.1 Å². The van der Waals surface area contributed by atoms with E-state index in [1.807, 2.05) is 0 Å². The Morgan fingerprint density at radius 2 is 1.93 bits per heavy atom. The molecule has 0 heterocycles. The molecule has 3 heteroatoms. The molecular formula is C12H16FNO. The topological polar surface area (TPSA) is 32.3 Å². The third-order valence-electron chi connectivity index (χ3n) is 3.02. The molecule has 1 fully saturated rings. The number of rotatable bonds is 3. The van der Waals surface area contributed by atoms with Crippen LogP contribution in [-0.4, -0.2) is 17.3 Å². The highest BCUT2D eigenvalue weighted by atomic mass is 19.1. The fourth-order valence-electron chi connectivity index (χ4n) is 2.07. The summed E-state index contributed by atoms with van der Waals surface area (Å²) in [6, 6.07) is 6.55. The molecular weight excluding hydrogens is 193 g/mol. The number of hydrogen-bond acceptors (Lipinski definition) is 2. The highest BCUT2D eigenvalue weighted by Crippen LogP contribution is 2.29. The number of hydrogen-bond donors (Lipinski definition) is 2. The number of nitrogens with one attached hydrogen (secondary N) is 1. The number of aliphatic hydroxyl groups is 1. The van der Waals surface area contributed by atoms with Gasteiger partial charge in [0.05, 0.1) is 11.3 Å². The summed E-state index contributed by atoms with van der Waals surface area (Å²) in [5.74, 6) is -0.265. The van der Waals surface area contributed by atoms with Crippen molar-refractivity contribution in [2.24, 2.45) is 0 Å². The maximum Gasteiger partial charge on any atom is 0.146 e. The van der Waals surface area contributed by atoms with E-state index >= 15 is 0 Å². The van der Waals surface area contributed by atoms with E-state index in [9.17, 15) is 9.50 Å². The monoisotopic (exact) mass is 209 g/mol. The third-order valence-corrected chi connectivity index (χ3v) is 3.02. The Morgan fingerprint density at radius 1 is 1.27 bits per heavy atom. The Kier molecular flexibility index (Phi) is 2.91. The van der Waals surface area contributed by atoms with E-state index in [1.165, 1.54) is 6.07 Å². The zero-order valence-electron chi connectivity index (χ0n) is 8.67. The Balaban J connectivity index is 1.95. The van der Waals surface area contributed by atoms with Gasteiger partial charge in [0.1, 0.15) is 5.82 Å². The summed E-state index contributed by atoms with van der Waals surface area (Å²) in [5.41, 5.74) is -0.166. The van der Waals surface area contributed by atoms with E-state index in [4.69, 9.17) is 0 Å². The number of anilines is 1. The minimum absolute atomic E-state index is 0.265. The van der Waals surface area contributed by atoms with Crippen molar-refractivity contribution in [1.29, 1.82) is 0 Å². The molecule has 1 aromatic carbocycles. The molecule has 2 rings (SSSR count). The normalized spacial score (nSPS) is 19.1. The van der Waals surface area contributed by atoms with Crippen molar-refractivity contribution in [3.8, 4) is 0 Å². The molecule has 0 spiro atoms. The first-order valence-electron chi connectivity index (χ1n) is 5.40. The SMILES string of the molecule is OC1(CNc2ccccc2F)CCCC1. The van der Waals surface area contributed by atoms with Gasteiger partial charge in [0.15, 0.2) is 0 Å². The van der Waals surface area contributed by atoms with Gasteiger partial charge < -0.3 is 10.4 Å². The van der Waals surface area contributed by atoms with Crippen LogP contribution in [-0.2, 0) is 0 Å². The second-order valence-electron chi connectivity index (χ2n) is 4.26. The molecule has 0 amide bonds. The molecule has 0 radical (unpaired) electrons. The van der Waals surface area contributed by atoms with E-state index in [-0.39, 0.29) is 5.82 Å². The largest absolute Gasteiger partial charge is 0.388 e. The summed E-state index contributed by atoms with van der Waals surface area (Å²) in [6.45, 7) is 0.438. The van der Waals surface area contributed by atoms with E-state index < -0.39 is 5.60 Å². The van der Waals surface area contributed by atoms with E-state index in [2.05, 4.69) is 5.32 Å². The molecule has 0 aliphatic heterocycles. The summed E-state index contributed by atoms with van der Waals surface area (Å²) in [5, 5.41) is 13.0. The highest BCUT2D eigenvalue weighted by molar-refractivity contribution is 5.44. The van der Waals surface area contributed by atoms with Crippen LogP contribution in [0.15, 0.2) is 24.3 Å². The smallest absolute Gasteiger partial charge is 0.146 e. The van der Waals surface area contributed by atoms with Crippen molar-refractivity contribution in [3.63, 3.8) is 0 Å². The van der Waals surface area contributed by atoms with Crippen LogP contribution in [0, 0.1) is 5.82 Å². The van der Waals surface area contributed by atoms with Gasteiger partial charge in [-0.05, 0) is 25.0 Å². The fourth-order valence-corrected chi connectivity index (χ4v) is 2.07. The van der Waals surface area contributed by atoms with Gasteiger partial charge in [-0.25, -0.2) is 4.39 Å². The number of halogens is 1. The van der Waals surface area contributed by atoms with Gasteiger partial charge in [-0.3, -0.25) is 0 Å². The first-order valence-corrected chi connectivity index (χ1v) is 5.40. The average Bonchev–Trinajstić information content (AvgIpc) is 2.65. The summed E-state index contributed by atoms with van der Waals surface area (Å²) >= 11 is 0. The van der Waals surface area contributed by atoms with Gasteiger partial charge in [0.25, 0.3) is 0 Å². The molecule has 15 heavy (non-hydrogen) atoms. The third kappa shape index (κ3) is 2.48. The van der Waals surface area contributed by atoms with Crippen LogP contribution in [0.1, 0.15) is 25.7 Å². The van der Waals surface area contributed by atoms with Gasteiger partial charge in [0, 0.05) is 6.54 Å². The minimum Gasteiger partial charge on any atom is -0.388 e. The summed E-state index contributed by atoms with van der Waals surface area (Å²) in [7, 11) is 0. The Morgan fingerprint density at radius 3 is 2.60 bits per heavy atom. The van der Waals surface area contributed by atoms with Crippen molar-refractivity contribution in [1.82, 2.24) is 0 Å². The lowest BCUT2D eigenvalue weighted by atomic mass is 10.0. The molecule has 0 aromatic heterocycles. The number of benzene rings is 1. The van der Waals surface area contributed by atoms with Crippen LogP contribution < -0.4 is 5.32 Å².